The van der Waals surface area contributed by atoms with Crippen molar-refractivity contribution in [2.45, 2.75) is 39.5 Å². The topological polar surface area (TPSA) is 63.3 Å². The fourth-order valence-corrected chi connectivity index (χ4v) is 2.26. The van der Waals surface area contributed by atoms with Crippen LogP contribution in [0.25, 0.3) is 11.5 Å². The summed E-state index contributed by atoms with van der Waals surface area (Å²) in [6.07, 6.45) is 2.68. The Morgan fingerprint density at radius 2 is 2.00 bits per heavy atom. The van der Waals surface area contributed by atoms with Crippen molar-refractivity contribution >= 4 is 5.97 Å². The van der Waals surface area contributed by atoms with Gasteiger partial charge in [-0.1, -0.05) is 25.1 Å². The highest BCUT2D eigenvalue weighted by Gasteiger charge is 2.13. The molecule has 21 heavy (non-hydrogen) atoms. The van der Waals surface area contributed by atoms with Gasteiger partial charge < -0.3 is 9.52 Å². The molecule has 0 aliphatic heterocycles. The van der Waals surface area contributed by atoms with Crippen LogP contribution in [0.4, 0.5) is 0 Å². The van der Waals surface area contributed by atoms with Gasteiger partial charge in [0.1, 0.15) is 5.76 Å². The predicted octanol–water partition coefficient (Wildman–Crippen LogP) is 4.08. The summed E-state index contributed by atoms with van der Waals surface area (Å²) in [5, 5.41) is 8.69. The maximum Gasteiger partial charge on any atom is 0.303 e. The first kappa shape index (κ1) is 15.3. The number of aromatic nitrogens is 1. The van der Waals surface area contributed by atoms with Crippen LogP contribution in [0.5, 0.6) is 0 Å². The molecule has 1 aromatic heterocycles. The average molecular weight is 287 g/mol. The van der Waals surface area contributed by atoms with Crippen LogP contribution in [0, 0.1) is 12.8 Å². The van der Waals surface area contributed by atoms with E-state index in [1.807, 2.05) is 37.3 Å². The van der Waals surface area contributed by atoms with E-state index in [2.05, 4.69) is 11.9 Å². The second-order valence-corrected chi connectivity index (χ2v) is 5.46. The summed E-state index contributed by atoms with van der Waals surface area (Å²) in [7, 11) is 0. The molecule has 1 heterocycles. The lowest BCUT2D eigenvalue weighted by molar-refractivity contribution is -0.137. The maximum absolute atomic E-state index is 10.6. The van der Waals surface area contributed by atoms with E-state index >= 15 is 0 Å². The normalized spacial score (nSPS) is 12.3. The van der Waals surface area contributed by atoms with Crippen molar-refractivity contribution in [1.82, 2.24) is 4.98 Å². The number of carbonyl (C=O) groups is 1. The number of hydrogen-bond donors (Lipinski definition) is 1. The van der Waals surface area contributed by atoms with E-state index in [0.717, 1.165) is 29.9 Å². The second-order valence-electron chi connectivity index (χ2n) is 5.46. The lowest BCUT2D eigenvalue weighted by atomic mass is 9.98. The molecule has 4 heteroatoms. The summed E-state index contributed by atoms with van der Waals surface area (Å²) >= 11 is 0. The minimum absolute atomic E-state index is 0.230. The molecule has 1 aromatic carbocycles. The highest BCUT2D eigenvalue weighted by molar-refractivity contribution is 5.66. The van der Waals surface area contributed by atoms with Gasteiger partial charge in [-0.05, 0) is 44.2 Å². The molecule has 0 fully saturated rings. The van der Waals surface area contributed by atoms with Crippen molar-refractivity contribution in [3.63, 3.8) is 0 Å². The smallest absolute Gasteiger partial charge is 0.303 e. The van der Waals surface area contributed by atoms with E-state index in [9.17, 15) is 4.79 Å². The van der Waals surface area contributed by atoms with Crippen LogP contribution >= 0.6 is 0 Å². The SMILES string of the molecule is Cc1oc(-c2ccccc2)nc1CCC(C)CCC(=O)O. The number of rotatable bonds is 7. The summed E-state index contributed by atoms with van der Waals surface area (Å²) in [5.41, 5.74) is 1.95. The van der Waals surface area contributed by atoms with Gasteiger partial charge in [-0.25, -0.2) is 4.98 Å². The summed E-state index contributed by atoms with van der Waals surface area (Å²) in [4.78, 5) is 15.1. The Balaban J connectivity index is 1.95. The molecule has 0 aliphatic carbocycles. The van der Waals surface area contributed by atoms with Gasteiger partial charge in [0, 0.05) is 12.0 Å². The van der Waals surface area contributed by atoms with Gasteiger partial charge >= 0.3 is 5.97 Å². The first-order valence-corrected chi connectivity index (χ1v) is 7.29. The zero-order chi connectivity index (χ0) is 15.2. The summed E-state index contributed by atoms with van der Waals surface area (Å²) in [5.74, 6) is 1.14. The highest BCUT2D eigenvalue weighted by Crippen LogP contribution is 2.23. The van der Waals surface area contributed by atoms with E-state index in [4.69, 9.17) is 9.52 Å². The van der Waals surface area contributed by atoms with Crippen molar-refractivity contribution in [2.24, 2.45) is 5.92 Å². The molecule has 0 aliphatic rings. The minimum Gasteiger partial charge on any atom is -0.481 e. The standard InChI is InChI=1S/C17H21NO3/c1-12(9-11-16(19)20)8-10-15-13(2)21-17(18-15)14-6-4-3-5-7-14/h3-7,12H,8-11H2,1-2H3,(H,19,20). The van der Waals surface area contributed by atoms with Crippen LogP contribution in [0.15, 0.2) is 34.7 Å². The zero-order valence-corrected chi connectivity index (χ0v) is 12.5. The number of oxazole rings is 1. The Hall–Kier alpha value is -2.10. The van der Waals surface area contributed by atoms with Gasteiger partial charge in [-0.2, -0.15) is 0 Å². The number of aliphatic carboxylic acids is 1. The monoisotopic (exact) mass is 287 g/mol. The Morgan fingerprint density at radius 1 is 1.29 bits per heavy atom. The average Bonchev–Trinajstić information content (AvgIpc) is 2.85. The molecule has 4 nitrogen and oxygen atoms in total. The molecule has 0 spiro atoms. The number of nitrogens with zero attached hydrogens (tertiary/aromatic N) is 1. The Morgan fingerprint density at radius 3 is 2.67 bits per heavy atom. The van der Waals surface area contributed by atoms with Gasteiger partial charge in [0.25, 0.3) is 0 Å². The predicted molar refractivity (Wildman–Crippen MR) is 81.0 cm³/mol. The van der Waals surface area contributed by atoms with Crippen molar-refractivity contribution in [2.75, 3.05) is 0 Å². The van der Waals surface area contributed by atoms with Crippen LogP contribution in [0.1, 0.15) is 37.6 Å². The lowest BCUT2D eigenvalue weighted by Gasteiger charge is -2.08. The largest absolute Gasteiger partial charge is 0.481 e. The van der Waals surface area contributed by atoms with Crippen LogP contribution in [-0.4, -0.2) is 16.1 Å². The third kappa shape index (κ3) is 4.45. The van der Waals surface area contributed by atoms with Crippen LogP contribution in [-0.2, 0) is 11.2 Å². The number of carboxylic acids is 1. The quantitative estimate of drug-likeness (QED) is 0.833. The maximum atomic E-state index is 10.6. The molecule has 1 N–H and O–H groups in total. The highest BCUT2D eigenvalue weighted by atomic mass is 16.4. The Kier molecular flexibility index (Phi) is 5.14. The van der Waals surface area contributed by atoms with Gasteiger partial charge in [-0.3, -0.25) is 4.79 Å². The fourth-order valence-electron chi connectivity index (χ4n) is 2.26. The molecule has 0 saturated heterocycles. The molecule has 1 unspecified atom stereocenters. The van der Waals surface area contributed by atoms with Gasteiger partial charge in [-0.15, -0.1) is 0 Å². The molecule has 2 rings (SSSR count). The third-order valence-corrected chi connectivity index (χ3v) is 3.64. The van der Waals surface area contributed by atoms with Gasteiger partial charge in [0.05, 0.1) is 5.69 Å². The summed E-state index contributed by atoms with van der Waals surface area (Å²) in [6, 6.07) is 9.84. The van der Waals surface area contributed by atoms with E-state index in [0.29, 0.717) is 18.2 Å². The number of hydrogen-bond acceptors (Lipinski definition) is 3. The second kappa shape index (κ2) is 7.07. The first-order valence-electron chi connectivity index (χ1n) is 7.29. The molecule has 2 aromatic rings. The molecule has 0 amide bonds. The third-order valence-electron chi connectivity index (χ3n) is 3.64. The van der Waals surface area contributed by atoms with Crippen LogP contribution in [0.2, 0.25) is 0 Å². The molecule has 0 radical (unpaired) electrons. The van der Waals surface area contributed by atoms with Crippen molar-refractivity contribution < 1.29 is 14.3 Å². The van der Waals surface area contributed by atoms with Crippen LogP contribution < -0.4 is 0 Å². The minimum atomic E-state index is -0.731. The first-order chi connectivity index (χ1) is 10.1. The van der Waals surface area contributed by atoms with E-state index in [-0.39, 0.29) is 6.42 Å². The van der Waals surface area contributed by atoms with Gasteiger partial charge in [0.2, 0.25) is 5.89 Å². The van der Waals surface area contributed by atoms with Crippen molar-refractivity contribution in [3.05, 3.63) is 41.8 Å². The van der Waals surface area contributed by atoms with Gasteiger partial charge in [0.15, 0.2) is 0 Å². The fraction of sp³-hybridized carbons (Fsp3) is 0.412. The number of benzene rings is 1. The van der Waals surface area contributed by atoms with Crippen molar-refractivity contribution in [1.29, 1.82) is 0 Å². The number of carboxylic acid groups (broad SMARTS) is 1. The van der Waals surface area contributed by atoms with E-state index in [1.165, 1.54) is 0 Å². The van der Waals surface area contributed by atoms with E-state index in [1.54, 1.807) is 0 Å². The summed E-state index contributed by atoms with van der Waals surface area (Å²) in [6.45, 7) is 4.01. The molecule has 112 valence electrons. The molecule has 0 bridgehead atoms. The molecular formula is C17H21NO3. The molecular weight excluding hydrogens is 266 g/mol. The van der Waals surface area contributed by atoms with Crippen molar-refractivity contribution in [3.8, 4) is 11.5 Å². The Labute approximate surface area is 124 Å². The molecule has 0 saturated carbocycles. The lowest BCUT2D eigenvalue weighted by Crippen LogP contribution is -2.03. The number of aryl methyl sites for hydroxylation is 2. The van der Waals surface area contributed by atoms with E-state index < -0.39 is 5.97 Å². The zero-order valence-electron chi connectivity index (χ0n) is 12.5. The van der Waals surface area contributed by atoms with Crippen LogP contribution in [0.3, 0.4) is 0 Å². The molecule has 1 atom stereocenters. The Bertz CT molecular complexity index is 589. The summed E-state index contributed by atoms with van der Waals surface area (Å²) < 4.78 is 5.73.